The van der Waals surface area contributed by atoms with Crippen molar-refractivity contribution in [3.8, 4) is 5.88 Å². The summed E-state index contributed by atoms with van der Waals surface area (Å²) in [6.07, 6.45) is 3.42. The molecule has 1 atom stereocenters. The SMILES string of the molecule is COc1nccc(I)c1CN1CCC[C@@H](NC(=O)OC(C)(C)C)C1. The number of alkyl carbamates (subject to hydrolysis) is 1. The maximum Gasteiger partial charge on any atom is 0.407 e. The van der Waals surface area contributed by atoms with E-state index in [1.807, 2.05) is 26.8 Å². The summed E-state index contributed by atoms with van der Waals surface area (Å²) >= 11 is 2.31. The van der Waals surface area contributed by atoms with Gasteiger partial charge in [-0.05, 0) is 68.8 Å². The van der Waals surface area contributed by atoms with Gasteiger partial charge in [0.15, 0.2) is 0 Å². The number of piperidine rings is 1. The Bertz CT molecular complexity index is 575. The molecule has 0 saturated carbocycles. The fraction of sp³-hybridized carbons (Fsp3) is 0.647. The Morgan fingerprint density at radius 1 is 1.50 bits per heavy atom. The van der Waals surface area contributed by atoms with Gasteiger partial charge in [-0.3, -0.25) is 4.90 Å². The highest BCUT2D eigenvalue weighted by atomic mass is 127. The van der Waals surface area contributed by atoms with E-state index >= 15 is 0 Å². The van der Waals surface area contributed by atoms with Crippen molar-refractivity contribution in [2.75, 3.05) is 20.2 Å². The number of rotatable bonds is 4. The van der Waals surface area contributed by atoms with Gasteiger partial charge in [0, 0.05) is 34.5 Å². The average Bonchev–Trinajstić information content (AvgIpc) is 2.47. The van der Waals surface area contributed by atoms with E-state index in [0.717, 1.165) is 41.6 Å². The Kier molecular flexibility index (Phi) is 6.68. The number of halogens is 1. The van der Waals surface area contributed by atoms with E-state index in [0.29, 0.717) is 5.88 Å². The van der Waals surface area contributed by atoms with Crippen LogP contribution in [-0.4, -0.2) is 47.8 Å². The smallest absolute Gasteiger partial charge is 0.407 e. The molecule has 0 bridgehead atoms. The predicted molar refractivity (Wildman–Crippen MR) is 101 cm³/mol. The maximum atomic E-state index is 12.0. The van der Waals surface area contributed by atoms with Crippen LogP contribution in [0, 0.1) is 3.57 Å². The van der Waals surface area contributed by atoms with Crippen molar-refractivity contribution in [1.29, 1.82) is 0 Å². The van der Waals surface area contributed by atoms with Crippen molar-refractivity contribution in [3.63, 3.8) is 0 Å². The van der Waals surface area contributed by atoms with Gasteiger partial charge in [-0.25, -0.2) is 9.78 Å². The lowest BCUT2D eigenvalue weighted by molar-refractivity contribution is 0.0470. The lowest BCUT2D eigenvalue weighted by Crippen LogP contribution is -2.48. The zero-order chi connectivity index (χ0) is 17.7. The number of hydrogen-bond donors (Lipinski definition) is 1. The Hall–Kier alpha value is -1.09. The third-order valence-electron chi connectivity index (χ3n) is 3.76. The first-order valence-corrected chi connectivity index (χ1v) is 9.25. The normalized spacial score (nSPS) is 19.0. The summed E-state index contributed by atoms with van der Waals surface area (Å²) in [7, 11) is 1.64. The van der Waals surface area contributed by atoms with Crippen LogP contribution in [0.1, 0.15) is 39.2 Å². The number of pyridine rings is 1. The molecule has 134 valence electrons. The van der Waals surface area contributed by atoms with Crippen LogP contribution in [0.3, 0.4) is 0 Å². The molecular formula is C17H26IN3O3. The summed E-state index contributed by atoms with van der Waals surface area (Å²) < 4.78 is 11.9. The average molecular weight is 447 g/mol. The van der Waals surface area contributed by atoms with E-state index in [-0.39, 0.29) is 12.1 Å². The molecule has 24 heavy (non-hydrogen) atoms. The zero-order valence-corrected chi connectivity index (χ0v) is 16.9. The quantitative estimate of drug-likeness (QED) is 0.719. The predicted octanol–water partition coefficient (Wildman–Crippen LogP) is 3.18. The summed E-state index contributed by atoms with van der Waals surface area (Å²) in [6, 6.07) is 2.09. The molecule has 1 aliphatic rings. The molecule has 1 fully saturated rings. The van der Waals surface area contributed by atoms with Gasteiger partial charge >= 0.3 is 6.09 Å². The fourth-order valence-corrected chi connectivity index (χ4v) is 3.35. The van der Waals surface area contributed by atoms with E-state index < -0.39 is 5.60 Å². The molecule has 1 aliphatic heterocycles. The molecule has 2 rings (SSSR count). The zero-order valence-electron chi connectivity index (χ0n) is 14.8. The highest BCUT2D eigenvalue weighted by molar-refractivity contribution is 14.1. The molecule has 0 aliphatic carbocycles. The number of hydrogen-bond acceptors (Lipinski definition) is 5. The summed E-state index contributed by atoms with van der Waals surface area (Å²) in [6.45, 7) is 8.18. The topological polar surface area (TPSA) is 63.7 Å². The number of carbonyl (C=O) groups excluding carboxylic acids is 1. The van der Waals surface area contributed by atoms with Crippen molar-refractivity contribution < 1.29 is 14.3 Å². The molecule has 1 N–H and O–H groups in total. The second-order valence-electron chi connectivity index (χ2n) is 7.00. The summed E-state index contributed by atoms with van der Waals surface area (Å²) in [5.41, 5.74) is 0.621. The summed E-state index contributed by atoms with van der Waals surface area (Å²) in [5, 5.41) is 2.98. The van der Waals surface area contributed by atoms with E-state index in [4.69, 9.17) is 9.47 Å². The minimum absolute atomic E-state index is 0.105. The molecule has 6 nitrogen and oxygen atoms in total. The van der Waals surface area contributed by atoms with Gasteiger partial charge in [0.05, 0.1) is 7.11 Å². The van der Waals surface area contributed by atoms with Crippen molar-refractivity contribution in [2.24, 2.45) is 0 Å². The molecule has 1 amide bonds. The highest BCUT2D eigenvalue weighted by Gasteiger charge is 2.25. The van der Waals surface area contributed by atoms with E-state index in [1.165, 1.54) is 0 Å². The minimum atomic E-state index is -0.475. The molecule has 2 heterocycles. The van der Waals surface area contributed by atoms with Gasteiger partial charge in [-0.1, -0.05) is 0 Å². The number of amides is 1. The third kappa shape index (κ3) is 5.77. The molecule has 7 heteroatoms. The minimum Gasteiger partial charge on any atom is -0.481 e. The van der Waals surface area contributed by atoms with Crippen LogP contribution in [0.2, 0.25) is 0 Å². The van der Waals surface area contributed by atoms with Crippen molar-refractivity contribution in [1.82, 2.24) is 15.2 Å². The van der Waals surface area contributed by atoms with Crippen LogP contribution < -0.4 is 10.1 Å². The van der Waals surface area contributed by atoms with Gasteiger partial charge < -0.3 is 14.8 Å². The molecule has 1 aromatic heterocycles. The standard InChI is InChI=1S/C17H26IN3O3/c1-17(2,3)24-16(22)20-12-6-5-9-21(10-12)11-13-14(18)7-8-19-15(13)23-4/h7-8,12H,5-6,9-11H2,1-4H3,(H,20,22)/t12-/m1/s1. The van der Waals surface area contributed by atoms with Crippen molar-refractivity contribution >= 4 is 28.7 Å². The van der Waals surface area contributed by atoms with Gasteiger partial charge in [0.1, 0.15) is 5.60 Å². The van der Waals surface area contributed by atoms with Gasteiger partial charge in [0.2, 0.25) is 5.88 Å². The first kappa shape index (κ1) is 19.2. The Morgan fingerprint density at radius 3 is 2.92 bits per heavy atom. The first-order chi connectivity index (χ1) is 11.3. The number of aromatic nitrogens is 1. The number of carbonyl (C=O) groups is 1. The van der Waals surface area contributed by atoms with Crippen LogP contribution >= 0.6 is 22.6 Å². The number of likely N-dealkylation sites (tertiary alicyclic amines) is 1. The Labute approximate surface area is 157 Å². The van der Waals surface area contributed by atoms with Crippen LogP contribution in [0.25, 0.3) is 0 Å². The number of methoxy groups -OCH3 is 1. The maximum absolute atomic E-state index is 12.0. The Morgan fingerprint density at radius 2 is 2.25 bits per heavy atom. The van der Waals surface area contributed by atoms with Crippen LogP contribution in [-0.2, 0) is 11.3 Å². The lowest BCUT2D eigenvalue weighted by Gasteiger charge is -2.33. The fourth-order valence-electron chi connectivity index (χ4n) is 2.78. The van der Waals surface area contributed by atoms with Crippen LogP contribution in [0.4, 0.5) is 4.79 Å². The van der Waals surface area contributed by atoms with Crippen LogP contribution in [0.15, 0.2) is 12.3 Å². The van der Waals surface area contributed by atoms with E-state index in [1.54, 1.807) is 13.3 Å². The largest absolute Gasteiger partial charge is 0.481 e. The summed E-state index contributed by atoms with van der Waals surface area (Å²) in [5.74, 6) is 0.670. The highest BCUT2D eigenvalue weighted by Crippen LogP contribution is 2.24. The molecule has 0 unspecified atom stereocenters. The van der Waals surface area contributed by atoms with Gasteiger partial charge in [-0.15, -0.1) is 0 Å². The van der Waals surface area contributed by atoms with E-state index in [2.05, 4.69) is 37.8 Å². The number of nitrogens with one attached hydrogen (secondary N) is 1. The third-order valence-corrected chi connectivity index (χ3v) is 4.77. The van der Waals surface area contributed by atoms with E-state index in [9.17, 15) is 4.79 Å². The molecular weight excluding hydrogens is 421 g/mol. The first-order valence-electron chi connectivity index (χ1n) is 8.17. The molecule has 1 aromatic rings. The molecule has 0 radical (unpaired) electrons. The molecule has 0 aromatic carbocycles. The van der Waals surface area contributed by atoms with Crippen molar-refractivity contribution in [2.45, 2.75) is 51.8 Å². The van der Waals surface area contributed by atoms with Gasteiger partial charge in [-0.2, -0.15) is 0 Å². The summed E-state index contributed by atoms with van der Waals surface area (Å²) in [4.78, 5) is 18.6. The monoisotopic (exact) mass is 447 g/mol. The molecule has 0 spiro atoms. The van der Waals surface area contributed by atoms with Crippen LogP contribution in [0.5, 0.6) is 5.88 Å². The van der Waals surface area contributed by atoms with Gasteiger partial charge in [0.25, 0.3) is 0 Å². The number of nitrogens with zero attached hydrogens (tertiary/aromatic N) is 2. The van der Waals surface area contributed by atoms with Crippen molar-refractivity contribution in [3.05, 3.63) is 21.4 Å². The number of ether oxygens (including phenoxy) is 2. The molecule has 1 saturated heterocycles. The second kappa shape index (κ2) is 8.33. The Balaban J connectivity index is 1.95. The lowest BCUT2D eigenvalue weighted by atomic mass is 10.1. The second-order valence-corrected chi connectivity index (χ2v) is 8.16.